The fourth-order valence-corrected chi connectivity index (χ4v) is 3.38. The van der Waals surface area contributed by atoms with Gasteiger partial charge in [0, 0.05) is 18.7 Å². The van der Waals surface area contributed by atoms with Crippen LogP contribution in [0.4, 0.5) is 0 Å². The van der Waals surface area contributed by atoms with Crippen molar-refractivity contribution >= 4 is 11.5 Å². The van der Waals surface area contributed by atoms with Gasteiger partial charge in [0.05, 0.1) is 24.4 Å². The highest BCUT2D eigenvalue weighted by atomic mass is 16.5. The zero-order chi connectivity index (χ0) is 16.4. The van der Waals surface area contributed by atoms with E-state index in [2.05, 4.69) is 28.1 Å². The molecule has 1 saturated heterocycles. The average molecular weight is 315 g/mol. The molecule has 0 saturated carbocycles. The number of ether oxygens (including phenoxy) is 1. The molecule has 0 spiro atoms. The summed E-state index contributed by atoms with van der Waals surface area (Å²) in [5.41, 5.74) is 1.51. The van der Waals surface area contributed by atoms with E-state index in [0.717, 1.165) is 17.8 Å². The molecule has 0 aromatic carbocycles. The number of hydrogen-bond acceptors (Lipinski definition) is 4. The molecular weight excluding hydrogens is 290 g/mol. The number of carbonyl (C=O) groups is 1. The van der Waals surface area contributed by atoms with E-state index in [9.17, 15) is 4.79 Å². The van der Waals surface area contributed by atoms with Gasteiger partial charge >= 0.3 is 5.97 Å². The first-order valence-corrected chi connectivity index (χ1v) is 8.37. The summed E-state index contributed by atoms with van der Waals surface area (Å²) in [7, 11) is 1.40. The number of fused-ring (bicyclic) bond motifs is 1. The average Bonchev–Trinajstić information content (AvgIpc) is 2.96. The lowest BCUT2D eigenvalue weighted by atomic mass is 9.92. The number of rotatable bonds is 4. The molecule has 0 bridgehead atoms. The SMILES string of the molecule is COC(=O)c1ccn2c(CC3CCN(C(C)C)CC3)ncc2c1. The van der Waals surface area contributed by atoms with Crippen molar-refractivity contribution in [3.63, 3.8) is 0 Å². The van der Waals surface area contributed by atoms with Crippen LogP contribution in [0.1, 0.15) is 42.9 Å². The Kier molecular flexibility index (Phi) is 4.66. The number of methoxy groups -OCH3 is 1. The number of nitrogens with zero attached hydrogens (tertiary/aromatic N) is 3. The van der Waals surface area contributed by atoms with E-state index in [0.29, 0.717) is 17.5 Å². The van der Waals surface area contributed by atoms with E-state index in [1.54, 1.807) is 6.07 Å². The molecule has 1 aliphatic heterocycles. The molecule has 0 amide bonds. The van der Waals surface area contributed by atoms with Crippen LogP contribution in [0.5, 0.6) is 0 Å². The normalized spacial score (nSPS) is 17.0. The van der Waals surface area contributed by atoms with Gasteiger partial charge in [0.1, 0.15) is 5.82 Å². The minimum absolute atomic E-state index is 0.309. The van der Waals surface area contributed by atoms with Gasteiger partial charge in [-0.05, 0) is 57.8 Å². The molecule has 23 heavy (non-hydrogen) atoms. The molecule has 0 radical (unpaired) electrons. The van der Waals surface area contributed by atoms with Crippen LogP contribution >= 0.6 is 0 Å². The predicted octanol–water partition coefficient (Wildman–Crippen LogP) is 2.78. The number of imidazole rings is 1. The zero-order valence-corrected chi connectivity index (χ0v) is 14.2. The number of esters is 1. The van der Waals surface area contributed by atoms with Crippen molar-refractivity contribution in [2.75, 3.05) is 20.2 Å². The van der Waals surface area contributed by atoms with Crippen LogP contribution in [0.15, 0.2) is 24.5 Å². The summed E-state index contributed by atoms with van der Waals surface area (Å²) in [6.45, 7) is 6.89. The first kappa shape index (κ1) is 16.0. The van der Waals surface area contributed by atoms with Gasteiger partial charge in [0.15, 0.2) is 0 Å². The van der Waals surface area contributed by atoms with Crippen molar-refractivity contribution in [2.24, 2.45) is 5.92 Å². The van der Waals surface area contributed by atoms with Gasteiger partial charge in [-0.2, -0.15) is 0 Å². The van der Waals surface area contributed by atoms with Gasteiger partial charge in [0.2, 0.25) is 0 Å². The predicted molar refractivity (Wildman–Crippen MR) is 89.7 cm³/mol. The highest BCUT2D eigenvalue weighted by molar-refractivity contribution is 5.90. The molecule has 3 rings (SSSR count). The van der Waals surface area contributed by atoms with Crippen molar-refractivity contribution in [2.45, 2.75) is 39.2 Å². The number of aromatic nitrogens is 2. The summed E-state index contributed by atoms with van der Waals surface area (Å²) in [4.78, 5) is 18.7. The molecule has 1 aliphatic rings. The molecule has 0 atom stereocenters. The molecule has 5 heteroatoms. The van der Waals surface area contributed by atoms with Crippen molar-refractivity contribution in [3.8, 4) is 0 Å². The Balaban J connectivity index is 1.71. The van der Waals surface area contributed by atoms with E-state index in [1.807, 2.05) is 18.5 Å². The first-order chi connectivity index (χ1) is 11.1. The van der Waals surface area contributed by atoms with Crippen molar-refractivity contribution < 1.29 is 9.53 Å². The van der Waals surface area contributed by atoms with E-state index < -0.39 is 0 Å². The van der Waals surface area contributed by atoms with Crippen LogP contribution in [-0.4, -0.2) is 46.5 Å². The lowest BCUT2D eigenvalue weighted by Crippen LogP contribution is -2.38. The Hall–Kier alpha value is -1.88. The molecular formula is C18H25N3O2. The fourth-order valence-electron chi connectivity index (χ4n) is 3.38. The molecule has 0 aliphatic carbocycles. The second kappa shape index (κ2) is 6.71. The summed E-state index contributed by atoms with van der Waals surface area (Å²) >= 11 is 0. The van der Waals surface area contributed by atoms with E-state index in [4.69, 9.17) is 4.74 Å². The zero-order valence-electron chi connectivity index (χ0n) is 14.2. The van der Waals surface area contributed by atoms with E-state index >= 15 is 0 Å². The maximum Gasteiger partial charge on any atom is 0.337 e. The smallest absolute Gasteiger partial charge is 0.337 e. The minimum Gasteiger partial charge on any atom is -0.465 e. The van der Waals surface area contributed by atoms with Crippen molar-refractivity contribution in [1.82, 2.24) is 14.3 Å². The number of pyridine rings is 1. The maximum atomic E-state index is 11.6. The summed E-state index contributed by atoms with van der Waals surface area (Å²) in [6.07, 6.45) is 7.22. The Morgan fingerprint density at radius 2 is 2.13 bits per heavy atom. The van der Waals surface area contributed by atoms with Gasteiger partial charge in [-0.25, -0.2) is 9.78 Å². The molecule has 2 aromatic heterocycles. The summed E-state index contributed by atoms with van der Waals surface area (Å²) in [6, 6.07) is 4.27. The van der Waals surface area contributed by atoms with Gasteiger partial charge in [-0.3, -0.25) is 0 Å². The molecule has 5 nitrogen and oxygen atoms in total. The Bertz CT molecular complexity index is 685. The molecule has 0 N–H and O–H groups in total. The third-order valence-electron chi connectivity index (χ3n) is 4.88. The number of carbonyl (C=O) groups excluding carboxylic acids is 1. The third-order valence-corrected chi connectivity index (χ3v) is 4.88. The standard InChI is InChI=1S/C18H25N3O2/c1-13(2)20-7-4-14(5-8-20)10-17-19-12-16-11-15(18(22)23-3)6-9-21(16)17/h6,9,11-14H,4-5,7-8,10H2,1-3H3. The minimum atomic E-state index is -0.309. The maximum absolute atomic E-state index is 11.6. The van der Waals surface area contributed by atoms with Crippen molar-refractivity contribution in [3.05, 3.63) is 35.9 Å². The highest BCUT2D eigenvalue weighted by Crippen LogP contribution is 2.23. The van der Waals surface area contributed by atoms with Crippen LogP contribution in [-0.2, 0) is 11.2 Å². The van der Waals surface area contributed by atoms with Crippen LogP contribution in [0.3, 0.4) is 0 Å². The third kappa shape index (κ3) is 3.39. The molecule has 124 valence electrons. The van der Waals surface area contributed by atoms with E-state index in [-0.39, 0.29) is 5.97 Å². The van der Waals surface area contributed by atoms with E-state index in [1.165, 1.54) is 33.0 Å². The molecule has 0 unspecified atom stereocenters. The number of hydrogen-bond donors (Lipinski definition) is 0. The monoisotopic (exact) mass is 315 g/mol. The van der Waals surface area contributed by atoms with Crippen LogP contribution in [0, 0.1) is 5.92 Å². The van der Waals surface area contributed by atoms with Crippen molar-refractivity contribution in [1.29, 1.82) is 0 Å². The molecule has 2 aromatic rings. The number of piperidine rings is 1. The lowest BCUT2D eigenvalue weighted by molar-refractivity contribution is 0.0600. The van der Waals surface area contributed by atoms with Gasteiger partial charge in [-0.1, -0.05) is 0 Å². The van der Waals surface area contributed by atoms with Gasteiger partial charge in [0.25, 0.3) is 0 Å². The second-order valence-corrected chi connectivity index (χ2v) is 6.65. The topological polar surface area (TPSA) is 46.8 Å². The lowest BCUT2D eigenvalue weighted by Gasteiger charge is -2.34. The molecule has 3 heterocycles. The van der Waals surface area contributed by atoms with Gasteiger partial charge in [-0.15, -0.1) is 0 Å². The van der Waals surface area contributed by atoms with Crippen LogP contribution in [0.2, 0.25) is 0 Å². The van der Waals surface area contributed by atoms with Crippen LogP contribution < -0.4 is 0 Å². The fraction of sp³-hybridized carbons (Fsp3) is 0.556. The quantitative estimate of drug-likeness (QED) is 0.814. The van der Waals surface area contributed by atoms with Crippen LogP contribution in [0.25, 0.3) is 5.52 Å². The molecule has 1 fully saturated rings. The summed E-state index contributed by atoms with van der Waals surface area (Å²) < 4.78 is 6.85. The summed E-state index contributed by atoms with van der Waals surface area (Å²) in [5.74, 6) is 1.46. The Morgan fingerprint density at radius 3 is 2.78 bits per heavy atom. The Morgan fingerprint density at radius 1 is 1.39 bits per heavy atom. The van der Waals surface area contributed by atoms with Gasteiger partial charge < -0.3 is 14.0 Å². The Labute approximate surface area is 137 Å². The largest absolute Gasteiger partial charge is 0.465 e. The summed E-state index contributed by atoms with van der Waals surface area (Å²) in [5, 5.41) is 0. The number of likely N-dealkylation sites (tertiary alicyclic amines) is 1. The first-order valence-electron chi connectivity index (χ1n) is 8.37. The second-order valence-electron chi connectivity index (χ2n) is 6.65. The highest BCUT2D eigenvalue weighted by Gasteiger charge is 2.22.